The summed E-state index contributed by atoms with van der Waals surface area (Å²) >= 11 is 5.67. The Kier molecular flexibility index (Phi) is 5.72. The van der Waals surface area contributed by atoms with Crippen molar-refractivity contribution in [3.63, 3.8) is 0 Å². The van der Waals surface area contributed by atoms with Crippen molar-refractivity contribution < 1.29 is 13.2 Å². The van der Waals surface area contributed by atoms with E-state index in [2.05, 4.69) is 22.7 Å². The van der Waals surface area contributed by atoms with Crippen LogP contribution in [0.1, 0.15) is 15.2 Å². The molecule has 2 aromatic carbocycles. The minimum absolute atomic E-state index is 0.126. The van der Waals surface area contributed by atoms with E-state index < -0.39 is 10.0 Å². The van der Waals surface area contributed by atoms with Gasteiger partial charge in [-0.3, -0.25) is 9.10 Å². The molecule has 0 unspecified atom stereocenters. The molecule has 10 heteroatoms. The molecule has 0 radical (unpaired) electrons. The molecule has 34 heavy (non-hydrogen) atoms. The molecule has 0 aliphatic carbocycles. The Morgan fingerprint density at radius 1 is 1.06 bits per heavy atom. The third-order valence-corrected chi connectivity index (χ3v) is 8.65. The summed E-state index contributed by atoms with van der Waals surface area (Å²) in [6.07, 6.45) is 3.12. The van der Waals surface area contributed by atoms with Crippen molar-refractivity contribution in [2.75, 3.05) is 11.4 Å². The Morgan fingerprint density at radius 2 is 1.88 bits per heavy atom. The van der Waals surface area contributed by atoms with E-state index in [0.717, 1.165) is 5.56 Å². The maximum atomic E-state index is 13.2. The lowest BCUT2D eigenvalue weighted by Gasteiger charge is -2.21. The van der Waals surface area contributed by atoms with Crippen LogP contribution in [0.15, 0.2) is 94.3 Å². The number of nitrogens with zero attached hydrogens (tertiary/aromatic N) is 4. The second-order valence-corrected chi connectivity index (χ2v) is 10.8. The van der Waals surface area contributed by atoms with Crippen LogP contribution in [0.3, 0.4) is 0 Å². The third kappa shape index (κ3) is 3.79. The van der Waals surface area contributed by atoms with Gasteiger partial charge in [-0.15, -0.1) is 24.0 Å². The van der Waals surface area contributed by atoms with E-state index in [1.807, 2.05) is 17.5 Å². The number of sulfonamides is 1. The van der Waals surface area contributed by atoms with Gasteiger partial charge in [0.05, 0.1) is 28.0 Å². The topological polar surface area (TPSA) is 84.6 Å². The first-order chi connectivity index (χ1) is 16.4. The van der Waals surface area contributed by atoms with E-state index in [1.54, 1.807) is 59.2 Å². The summed E-state index contributed by atoms with van der Waals surface area (Å²) < 4.78 is 29.3. The maximum absolute atomic E-state index is 13.2. The van der Waals surface area contributed by atoms with E-state index in [4.69, 9.17) is 0 Å². The normalized spacial score (nSPS) is 11.6. The molecule has 170 valence electrons. The lowest BCUT2D eigenvalue weighted by atomic mass is 10.1. The number of rotatable bonds is 6. The number of aromatic nitrogens is 3. The molecule has 0 saturated carbocycles. The van der Waals surface area contributed by atoms with Crippen LogP contribution in [-0.4, -0.2) is 35.8 Å². The van der Waals surface area contributed by atoms with Crippen molar-refractivity contribution >= 4 is 51.1 Å². The highest BCUT2D eigenvalue weighted by Crippen LogP contribution is 2.30. The lowest BCUT2D eigenvalue weighted by Crippen LogP contribution is -2.26. The van der Waals surface area contributed by atoms with Crippen molar-refractivity contribution in [2.24, 2.45) is 0 Å². The Bertz CT molecular complexity index is 1630. The van der Waals surface area contributed by atoms with Crippen LogP contribution in [0.2, 0.25) is 0 Å². The van der Waals surface area contributed by atoms with Gasteiger partial charge in [-0.05, 0) is 41.8 Å². The van der Waals surface area contributed by atoms with Gasteiger partial charge in [-0.25, -0.2) is 17.9 Å². The minimum atomic E-state index is -3.82. The summed E-state index contributed by atoms with van der Waals surface area (Å²) in [7, 11) is -2.32. The smallest absolute Gasteiger partial charge is 0.265 e. The molecule has 5 aromatic rings. The second-order valence-electron chi connectivity index (χ2n) is 7.42. The molecular formula is C24H18N4O3S3. The molecule has 0 N–H and O–H groups in total. The van der Waals surface area contributed by atoms with E-state index in [-0.39, 0.29) is 10.7 Å². The van der Waals surface area contributed by atoms with Gasteiger partial charge in [0.25, 0.3) is 10.0 Å². The lowest BCUT2D eigenvalue weighted by molar-refractivity contribution is 0.104. The summed E-state index contributed by atoms with van der Waals surface area (Å²) in [6, 6.07) is 19.0. The number of carbonyl (C=O) groups is 1. The highest BCUT2D eigenvalue weighted by atomic mass is 32.2. The molecular weight excluding hydrogens is 488 g/mol. The van der Waals surface area contributed by atoms with Crippen LogP contribution < -0.4 is 4.31 Å². The summed E-state index contributed by atoms with van der Waals surface area (Å²) in [4.78, 5) is 18.4. The number of carbonyl (C=O) groups excluding carboxylic acids is 1. The summed E-state index contributed by atoms with van der Waals surface area (Å²) in [6.45, 7) is 0. The molecule has 0 bridgehead atoms. The molecule has 0 atom stereocenters. The van der Waals surface area contributed by atoms with Gasteiger partial charge in [-0.2, -0.15) is 5.10 Å². The highest BCUT2D eigenvalue weighted by molar-refractivity contribution is 7.93. The van der Waals surface area contributed by atoms with Crippen LogP contribution in [0.25, 0.3) is 16.9 Å². The van der Waals surface area contributed by atoms with Gasteiger partial charge in [0.1, 0.15) is 4.90 Å². The average Bonchev–Trinajstić information content (AvgIpc) is 3.54. The predicted molar refractivity (Wildman–Crippen MR) is 135 cm³/mol. The van der Waals surface area contributed by atoms with Crippen LogP contribution in [0, 0.1) is 0 Å². The number of anilines is 1. The first-order valence-electron chi connectivity index (χ1n) is 10.2. The molecule has 7 nitrogen and oxygen atoms in total. The van der Waals surface area contributed by atoms with Gasteiger partial charge < -0.3 is 0 Å². The molecule has 0 spiro atoms. The Hall–Kier alpha value is -3.47. The van der Waals surface area contributed by atoms with Crippen molar-refractivity contribution in [1.29, 1.82) is 0 Å². The van der Waals surface area contributed by atoms with Crippen LogP contribution >= 0.6 is 24.0 Å². The quantitative estimate of drug-likeness (QED) is 0.264. The first-order valence-corrected chi connectivity index (χ1v) is 12.9. The van der Waals surface area contributed by atoms with Crippen molar-refractivity contribution in [2.45, 2.75) is 9.79 Å². The zero-order valence-corrected chi connectivity index (χ0v) is 20.4. The van der Waals surface area contributed by atoms with E-state index in [1.165, 1.54) is 35.0 Å². The molecule has 0 aliphatic heterocycles. The Labute approximate surface area is 205 Å². The number of thiophene rings is 1. The predicted octanol–water partition coefficient (Wildman–Crippen LogP) is 4.80. The van der Waals surface area contributed by atoms with E-state index >= 15 is 0 Å². The molecule has 3 heterocycles. The number of hydrogen-bond donors (Lipinski definition) is 1. The number of hydrogen-bond acceptors (Lipinski definition) is 7. The Morgan fingerprint density at radius 3 is 2.65 bits per heavy atom. The zero-order valence-electron chi connectivity index (χ0n) is 17.9. The molecule has 0 saturated heterocycles. The van der Waals surface area contributed by atoms with Crippen LogP contribution in [0.5, 0.6) is 0 Å². The fraction of sp³-hybridized carbons (Fsp3) is 0.0417. The van der Waals surface area contributed by atoms with Crippen molar-refractivity contribution in [3.8, 4) is 11.3 Å². The van der Waals surface area contributed by atoms with Gasteiger partial charge in [0, 0.05) is 23.7 Å². The zero-order chi connectivity index (χ0) is 23.9. The average molecular weight is 507 g/mol. The number of ketones is 1. The number of thiol groups is 1. The first kappa shape index (κ1) is 22.3. The van der Waals surface area contributed by atoms with Crippen LogP contribution in [-0.2, 0) is 10.0 Å². The largest absolute Gasteiger partial charge is 0.287 e. The SMILES string of the molecule is CN(c1cccc(-c2ccnc3c(C(=O)c4cccs4)cnn23)c1)S(=O)(=O)c1ccccc1S. The maximum Gasteiger partial charge on any atom is 0.265 e. The second kappa shape index (κ2) is 8.71. The fourth-order valence-electron chi connectivity index (χ4n) is 3.63. The van der Waals surface area contributed by atoms with Gasteiger partial charge in [-0.1, -0.05) is 30.3 Å². The summed E-state index contributed by atoms with van der Waals surface area (Å²) in [5.74, 6) is -0.139. The van der Waals surface area contributed by atoms with E-state index in [9.17, 15) is 13.2 Å². The molecule has 0 amide bonds. The van der Waals surface area contributed by atoms with Gasteiger partial charge in [0.2, 0.25) is 5.78 Å². The molecule has 5 rings (SSSR count). The molecule has 0 aliphatic rings. The fourth-order valence-corrected chi connectivity index (χ4v) is 6.09. The van der Waals surface area contributed by atoms with Gasteiger partial charge >= 0.3 is 0 Å². The summed E-state index contributed by atoms with van der Waals surface area (Å²) in [5, 5.41) is 6.25. The standard InChI is InChI=1S/C24H18N4O3S3/c1-27(34(30,31)22-10-3-2-8-20(22)32)17-7-4-6-16(14-17)19-11-12-25-24-18(15-26-28(19)24)23(29)21-9-5-13-33-21/h2-15,32H,1H3. The Balaban J connectivity index is 1.56. The monoisotopic (exact) mass is 506 g/mol. The molecule has 0 fully saturated rings. The summed E-state index contributed by atoms with van der Waals surface area (Å²) in [5.41, 5.74) is 2.72. The van der Waals surface area contributed by atoms with Crippen molar-refractivity contribution in [3.05, 3.63) is 94.9 Å². The number of fused-ring (bicyclic) bond motifs is 1. The number of benzene rings is 2. The van der Waals surface area contributed by atoms with Crippen molar-refractivity contribution in [1.82, 2.24) is 14.6 Å². The third-order valence-electron chi connectivity index (χ3n) is 5.40. The molecule has 3 aromatic heterocycles. The van der Waals surface area contributed by atoms with Crippen LogP contribution in [0.4, 0.5) is 5.69 Å². The van der Waals surface area contributed by atoms with Gasteiger partial charge in [0.15, 0.2) is 5.65 Å². The minimum Gasteiger partial charge on any atom is -0.287 e. The highest BCUT2D eigenvalue weighted by Gasteiger charge is 2.24. The van der Waals surface area contributed by atoms with E-state index in [0.29, 0.717) is 32.4 Å².